The van der Waals surface area contributed by atoms with Gasteiger partial charge in [0.25, 0.3) is 0 Å². The summed E-state index contributed by atoms with van der Waals surface area (Å²) in [5.74, 6) is 0. The van der Waals surface area contributed by atoms with E-state index in [1.165, 1.54) is 46.9 Å². The fourth-order valence-electron chi connectivity index (χ4n) is 2.75. The predicted molar refractivity (Wildman–Crippen MR) is 75.1 cm³/mol. The maximum atomic E-state index is 3.57. The zero-order chi connectivity index (χ0) is 11.8. The molecule has 1 aliphatic rings. The number of likely N-dealkylation sites (tertiary alicyclic amines) is 1. The van der Waals surface area contributed by atoms with Crippen molar-refractivity contribution in [1.82, 2.24) is 9.47 Å². The molecule has 0 amide bonds. The molecule has 1 aliphatic heterocycles. The van der Waals surface area contributed by atoms with Gasteiger partial charge in [0.15, 0.2) is 0 Å². The summed E-state index contributed by atoms with van der Waals surface area (Å²) in [4.78, 5) is 2.55. The molecule has 1 aromatic carbocycles. The highest BCUT2D eigenvalue weighted by atomic mass is 79.9. The molecule has 0 N–H and O–H groups in total. The van der Waals surface area contributed by atoms with Gasteiger partial charge >= 0.3 is 0 Å². The van der Waals surface area contributed by atoms with Crippen LogP contribution in [0.25, 0.3) is 10.9 Å². The molecule has 2 aromatic rings. The molecule has 1 fully saturated rings. The highest BCUT2D eigenvalue weighted by molar-refractivity contribution is 9.10. The molecule has 0 bridgehead atoms. The van der Waals surface area contributed by atoms with Crippen LogP contribution < -0.4 is 0 Å². The number of halogens is 1. The van der Waals surface area contributed by atoms with Gasteiger partial charge in [0.1, 0.15) is 0 Å². The third kappa shape index (κ3) is 2.14. The highest BCUT2D eigenvalue weighted by Gasteiger charge is 2.14. The van der Waals surface area contributed by atoms with Crippen molar-refractivity contribution in [1.29, 1.82) is 0 Å². The minimum Gasteiger partial charge on any atom is -0.350 e. The fourth-order valence-corrected chi connectivity index (χ4v) is 3.11. The van der Waals surface area contributed by atoms with Crippen molar-refractivity contribution in [2.75, 3.05) is 13.1 Å². The summed E-state index contributed by atoms with van der Waals surface area (Å²) in [6.07, 6.45) is 4.98. The van der Waals surface area contributed by atoms with Gasteiger partial charge in [0, 0.05) is 35.2 Å². The lowest BCUT2D eigenvalue weighted by Gasteiger charge is -2.13. The van der Waals surface area contributed by atoms with Crippen molar-refractivity contribution in [3.8, 4) is 0 Å². The van der Waals surface area contributed by atoms with E-state index in [0.717, 1.165) is 6.54 Å². The second-order valence-electron chi connectivity index (χ2n) is 4.91. The summed E-state index contributed by atoms with van der Waals surface area (Å²) in [7, 11) is 2.13. The van der Waals surface area contributed by atoms with E-state index in [1.807, 2.05) is 0 Å². The number of aryl methyl sites for hydroxylation is 1. The Hall–Kier alpha value is -0.800. The first-order valence-corrected chi connectivity index (χ1v) is 6.99. The average molecular weight is 293 g/mol. The Labute approximate surface area is 110 Å². The topological polar surface area (TPSA) is 8.17 Å². The number of hydrogen-bond acceptors (Lipinski definition) is 1. The molecule has 17 heavy (non-hydrogen) atoms. The first-order valence-electron chi connectivity index (χ1n) is 6.20. The summed E-state index contributed by atoms with van der Waals surface area (Å²) in [6, 6.07) is 6.54. The van der Waals surface area contributed by atoms with Gasteiger partial charge in [-0.2, -0.15) is 0 Å². The second-order valence-corrected chi connectivity index (χ2v) is 5.83. The third-order valence-electron chi connectivity index (χ3n) is 3.63. The minimum absolute atomic E-state index is 1.09. The molecule has 0 radical (unpaired) electrons. The Balaban J connectivity index is 2.00. The monoisotopic (exact) mass is 292 g/mol. The number of benzene rings is 1. The molecular weight excluding hydrogens is 276 g/mol. The van der Waals surface area contributed by atoms with Crippen molar-refractivity contribution in [3.63, 3.8) is 0 Å². The van der Waals surface area contributed by atoms with Gasteiger partial charge in [-0.1, -0.05) is 15.9 Å². The molecule has 2 nitrogen and oxygen atoms in total. The molecule has 0 atom stereocenters. The molecule has 0 spiro atoms. The molecule has 0 aliphatic carbocycles. The zero-order valence-corrected chi connectivity index (χ0v) is 11.7. The van der Waals surface area contributed by atoms with Gasteiger partial charge in [-0.3, -0.25) is 4.90 Å². The molecule has 90 valence electrons. The van der Waals surface area contributed by atoms with Crippen LogP contribution in [0.15, 0.2) is 28.9 Å². The van der Waals surface area contributed by atoms with Crippen LogP contribution in [0.2, 0.25) is 0 Å². The standard InChI is InChI=1S/C14H17BrN2/c1-16-9-11(10-17-6-2-3-7-17)13-8-12(15)4-5-14(13)16/h4-5,8-9H,2-3,6-7,10H2,1H3. The van der Waals surface area contributed by atoms with Gasteiger partial charge in [0.2, 0.25) is 0 Å². The Morgan fingerprint density at radius 2 is 2.00 bits per heavy atom. The fraction of sp³-hybridized carbons (Fsp3) is 0.429. The molecule has 1 saturated heterocycles. The van der Waals surface area contributed by atoms with E-state index in [-0.39, 0.29) is 0 Å². The Bertz CT molecular complexity index is 538. The lowest BCUT2D eigenvalue weighted by Crippen LogP contribution is -2.18. The van der Waals surface area contributed by atoms with Crippen molar-refractivity contribution >= 4 is 26.8 Å². The van der Waals surface area contributed by atoms with Gasteiger partial charge < -0.3 is 4.57 Å². The summed E-state index contributed by atoms with van der Waals surface area (Å²) in [5.41, 5.74) is 2.77. The van der Waals surface area contributed by atoms with E-state index in [1.54, 1.807) is 0 Å². The predicted octanol–water partition coefficient (Wildman–Crippen LogP) is 3.54. The Morgan fingerprint density at radius 1 is 1.24 bits per heavy atom. The number of rotatable bonds is 2. The van der Waals surface area contributed by atoms with Crippen LogP contribution in [0.5, 0.6) is 0 Å². The number of hydrogen-bond donors (Lipinski definition) is 0. The maximum Gasteiger partial charge on any atom is 0.0481 e. The Morgan fingerprint density at radius 3 is 2.76 bits per heavy atom. The maximum absolute atomic E-state index is 3.57. The van der Waals surface area contributed by atoms with E-state index in [2.05, 4.69) is 56.8 Å². The number of fused-ring (bicyclic) bond motifs is 1. The van der Waals surface area contributed by atoms with Crippen LogP contribution in [0, 0.1) is 0 Å². The minimum atomic E-state index is 1.09. The largest absolute Gasteiger partial charge is 0.350 e. The van der Waals surface area contributed by atoms with Crippen LogP contribution >= 0.6 is 15.9 Å². The summed E-state index contributed by atoms with van der Waals surface area (Å²) >= 11 is 3.57. The van der Waals surface area contributed by atoms with E-state index < -0.39 is 0 Å². The van der Waals surface area contributed by atoms with E-state index in [9.17, 15) is 0 Å². The second kappa shape index (κ2) is 4.46. The molecule has 0 unspecified atom stereocenters. The Kier molecular flexibility index (Phi) is 2.97. The lowest BCUT2D eigenvalue weighted by molar-refractivity contribution is 0.332. The van der Waals surface area contributed by atoms with Crippen LogP contribution in [-0.4, -0.2) is 22.6 Å². The quantitative estimate of drug-likeness (QED) is 0.822. The molecule has 1 aromatic heterocycles. The van der Waals surface area contributed by atoms with Crippen LogP contribution in [0.4, 0.5) is 0 Å². The smallest absolute Gasteiger partial charge is 0.0481 e. The van der Waals surface area contributed by atoms with E-state index in [4.69, 9.17) is 0 Å². The van der Waals surface area contributed by atoms with Crippen LogP contribution in [0.3, 0.4) is 0 Å². The summed E-state index contributed by atoms with van der Waals surface area (Å²) < 4.78 is 3.39. The zero-order valence-electron chi connectivity index (χ0n) is 10.1. The highest BCUT2D eigenvalue weighted by Crippen LogP contribution is 2.26. The van der Waals surface area contributed by atoms with Gasteiger partial charge in [-0.05, 0) is 49.7 Å². The third-order valence-corrected chi connectivity index (χ3v) is 4.12. The van der Waals surface area contributed by atoms with Crippen molar-refractivity contribution in [2.45, 2.75) is 19.4 Å². The summed E-state index contributed by atoms with van der Waals surface area (Å²) in [6.45, 7) is 3.60. The van der Waals surface area contributed by atoms with Gasteiger partial charge in [-0.25, -0.2) is 0 Å². The number of aromatic nitrogens is 1. The van der Waals surface area contributed by atoms with Gasteiger partial charge in [0.05, 0.1) is 0 Å². The van der Waals surface area contributed by atoms with Crippen molar-refractivity contribution < 1.29 is 0 Å². The van der Waals surface area contributed by atoms with Crippen LogP contribution in [0.1, 0.15) is 18.4 Å². The lowest BCUT2D eigenvalue weighted by atomic mass is 10.1. The molecule has 3 heteroatoms. The summed E-state index contributed by atoms with van der Waals surface area (Å²) in [5, 5.41) is 1.38. The average Bonchev–Trinajstić information content (AvgIpc) is 2.89. The molecule has 2 heterocycles. The molecule has 0 saturated carbocycles. The normalized spacial score (nSPS) is 17.1. The first-order chi connectivity index (χ1) is 8.24. The van der Waals surface area contributed by atoms with E-state index >= 15 is 0 Å². The number of nitrogens with zero attached hydrogens (tertiary/aromatic N) is 2. The molecule has 3 rings (SSSR count). The SMILES string of the molecule is Cn1cc(CN2CCCC2)c2cc(Br)ccc21. The first kappa shape index (κ1) is 11.3. The molecular formula is C14H17BrN2. The van der Waals surface area contributed by atoms with Crippen molar-refractivity contribution in [3.05, 3.63) is 34.4 Å². The van der Waals surface area contributed by atoms with Gasteiger partial charge in [-0.15, -0.1) is 0 Å². The van der Waals surface area contributed by atoms with Crippen LogP contribution in [-0.2, 0) is 13.6 Å². The van der Waals surface area contributed by atoms with Crippen molar-refractivity contribution in [2.24, 2.45) is 7.05 Å². The van der Waals surface area contributed by atoms with E-state index in [0.29, 0.717) is 0 Å².